The van der Waals surface area contributed by atoms with Crippen LogP contribution in [-0.4, -0.2) is 14.5 Å². The molecule has 0 aromatic carbocycles. The predicted octanol–water partition coefficient (Wildman–Crippen LogP) is 3.84. The first-order valence-corrected chi connectivity index (χ1v) is 7.10. The molecular formula is C14H18ClN3. The van der Waals surface area contributed by atoms with E-state index in [1.165, 1.54) is 25.7 Å². The minimum Gasteiger partial charge on any atom is -0.319 e. The van der Waals surface area contributed by atoms with Gasteiger partial charge in [-0.05, 0) is 25.3 Å². The molecule has 0 N–H and O–H groups in total. The maximum atomic E-state index is 6.19. The molecule has 0 atom stereocenters. The number of aromatic nitrogens is 3. The summed E-state index contributed by atoms with van der Waals surface area (Å²) in [5, 5.41) is 1.84. The van der Waals surface area contributed by atoms with Gasteiger partial charge in [0.05, 0.1) is 5.69 Å². The summed E-state index contributed by atoms with van der Waals surface area (Å²) in [5.74, 6) is 1.57. The lowest BCUT2D eigenvalue weighted by atomic mass is 10.1. The molecule has 0 bridgehead atoms. The first kappa shape index (κ1) is 12.0. The zero-order valence-electron chi connectivity index (χ0n) is 10.9. The van der Waals surface area contributed by atoms with Crippen LogP contribution in [0.1, 0.15) is 50.0 Å². The van der Waals surface area contributed by atoms with Crippen molar-refractivity contribution in [1.82, 2.24) is 14.5 Å². The second kappa shape index (κ2) is 4.54. The second-order valence-corrected chi connectivity index (χ2v) is 5.51. The number of rotatable bonds is 2. The fourth-order valence-corrected chi connectivity index (χ4v) is 3.07. The highest BCUT2D eigenvalue weighted by Crippen LogP contribution is 2.34. The SMILES string of the molecule is CCc1nc(C2CCCC2)nc2c1cc(Cl)n2C. The van der Waals surface area contributed by atoms with Crippen LogP contribution >= 0.6 is 11.6 Å². The van der Waals surface area contributed by atoms with E-state index in [2.05, 4.69) is 6.92 Å². The Morgan fingerprint density at radius 3 is 2.72 bits per heavy atom. The summed E-state index contributed by atoms with van der Waals surface area (Å²) < 4.78 is 1.95. The molecule has 3 rings (SSSR count). The van der Waals surface area contributed by atoms with E-state index in [0.29, 0.717) is 5.92 Å². The molecule has 2 aromatic heterocycles. The van der Waals surface area contributed by atoms with Crippen molar-refractivity contribution in [2.75, 3.05) is 0 Å². The monoisotopic (exact) mass is 263 g/mol. The van der Waals surface area contributed by atoms with Crippen LogP contribution in [0.2, 0.25) is 5.15 Å². The van der Waals surface area contributed by atoms with Gasteiger partial charge in [-0.2, -0.15) is 0 Å². The lowest BCUT2D eigenvalue weighted by Crippen LogP contribution is -2.05. The molecule has 96 valence electrons. The summed E-state index contributed by atoms with van der Waals surface area (Å²) in [4.78, 5) is 9.53. The van der Waals surface area contributed by atoms with Crippen molar-refractivity contribution >= 4 is 22.6 Å². The Bertz CT molecular complexity index is 582. The van der Waals surface area contributed by atoms with Crippen molar-refractivity contribution in [3.8, 4) is 0 Å². The van der Waals surface area contributed by atoms with Gasteiger partial charge >= 0.3 is 0 Å². The van der Waals surface area contributed by atoms with E-state index in [0.717, 1.165) is 34.1 Å². The van der Waals surface area contributed by atoms with Crippen molar-refractivity contribution < 1.29 is 0 Å². The second-order valence-electron chi connectivity index (χ2n) is 5.13. The van der Waals surface area contributed by atoms with Gasteiger partial charge in [0.1, 0.15) is 16.6 Å². The summed E-state index contributed by atoms with van der Waals surface area (Å²) in [6.45, 7) is 2.14. The van der Waals surface area contributed by atoms with Crippen LogP contribution in [0.15, 0.2) is 6.07 Å². The highest BCUT2D eigenvalue weighted by molar-refractivity contribution is 6.30. The highest BCUT2D eigenvalue weighted by Gasteiger charge is 2.22. The zero-order chi connectivity index (χ0) is 12.7. The van der Waals surface area contributed by atoms with Gasteiger partial charge in [0, 0.05) is 18.4 Å². The van der Waals surface area contributed by atoms with Gasteiger partial charge in [0.2, 0.25) is 0 Å². The van der Waals surface area contributed by atoms with Crippen LogP contribution in [-0.2, 0) is 13.5 Å². The molecule has 0 amide bonds. The molecule has 1 fully saturated rings. The fraction of sp³-hybridized carbons (Fsp3) is 0.571. The van der Waals surface area contributed by atoms with Gasteiger partial charge in [0.15, 0.2) is 0 Å². The zero-order valence-corrected chi connectivity index (χ0v) is 11.7. The van der Waals surface area contributed by atoms with Gasteiger partial charge in [-0.25, -0.2) is 9.97 Å². The molecule has 0 spiro atoms. The van der Waals surface area contributed by atoms with Gasteiger partial charge in [-0.15, -0.1) is 0 Å². The molecule has 0 saturated heterocycles. The molecule has 2 aromatic rings. The molecule has 0 aliphatic heterocycles. The molecule has 4 heteroatoms. The number of hydrogen-bond acceptors (Lipinski definition) is 2. The number of aryl methyl sites for hydroxylation is 2. The molecule has 1 aliphatic rings. The number of halogens is 1. The Kier molecular flexibility index (Phi) is 3.02. The van der Waals surface area contributed by atoms with Crippen LogP contribution in [0.25, 0.3) is 11.0 Å². The van der Waals surface area contributed by atoms with Gasteiger partial charge in [-0.1, -0.05) is 31.4 Å². The van der Waals surface area contributed by atoms with Crippen molar-refractivity contribution in [2.45, 2.75) is 44.9 Å². The molecule has 2 heterocycles. The maximum absolute atomic E-state index is 6.19. The van der Waals surface area contributed by atoms with E-state index in [9.17, 15) is 0 Å². The Balaban J connectivity index is 2.19. The summed E-state index contributed by atoms with van der Waals surface area (Å²) >= 11 is 6.19. The quantitative estimate of drug-likeness (QED) is 0.824. The topological polar surface area (TPSA) is 30.7 Å². The fourth-order valence-electron chi connectivity index (χ4n) is 2.88. The first-order chi connectivity index (χ1) is 8.70. The Hall–Kier alpha value is -1.09. The van der Waals surface area contributed by atoms with E-state index < -0.39 is 0 Å². The predicted molar refractivity (Wildman–Crippen MR) is 74.1 cm³/mol. The Labute approximate surface area is 112 Å². The van der Waals surface area contributed by atoms with E-state index in [-0.39, 0.29) is 0 Å². The molecule has 3 nitrogen and oxygen atoms in total. The van der Waals surface area contributed by atoms with E-state index in [4.69, 9.17) is 21.6 Å². The standard InChI is InChI=1S/C14H18ClN3/c1-3-11-10-8-12(15)18(2)14(10)17-13(16-11)9-6-4-5-7-9/h8-9H,3-7H2,1-2H3. The van der Waals surface area contributed by atoms with Crippen LogP contribution < -0.4 is 0 Å². The first-order valence-electron chi connectivity index (χ1n) is 6.72. The highest BCUT2D eigenvalue weighted by atomic mass is 35.5. The minimum absolute atomic E-state index is 0.549. The van der Waals surface area contributed by atoms with Crippen molar-refractivity contribution in [2.24, 2.45) is 7.05 Å². The molecule has 1 aliphatic carbocycles. The van der Waals surface area contributed by atoms with E-state index in [1.54, 1.807) is 0 Å². The van der Waals surface area contributed by atoms with Crippen LogP contribution in [0.3, 0.4) is 0 Å². The van der Waals surface area contributed by atoms with Crippen LogP contribution in [0.5, 0.6) is 0 Å². The number of hydrogen-bond donors (Lipinski definition) is 0. The van der Waals surface area contributed by atoms with E-state index in [1.807, 2.05) is 17.7 Å². The maximum Gasteiger partial charge on any atom is 0.144 e. The van der Waals surface area contributed by atoms with Crippen molar-refractivity contribution in [1.29, 1.82) is 0 Å². The summed E-state index contributed by atoms with van der Waals surface area (Å²) in [7, 11) is 1.97. The molecule has 0 radical (unpaired) electrons. The summed E-state index contributed by atoms with van der Waals surface area (Å²) in [6.07, 6.45) is 6.00. The van der Waals surface area contributed by atoms with Gasteiger partial charge in [-0.3, -0.25) is 0 Å². The Morgan fingerprint density at radius 1 is 1.33 bits per heavy atom. The normalized spacial score (nSPS) is 16.8. The smallest absolute Gasteiger partial charge is 0.144 e. The summed E-state index contributed by atoms with van der Waals surface area (Å²) in [5.41, 5.74) is 2.11. The molecule has 0 unspecified atom stereocenters. The van der Waals surface area contributed by atoms with Crippen molar-refractivity contribution in [3.63, 3.8) is 0 Å². The third-order valence-corrected chi connectivity index (χ3v) is 4.34. The lowest BCUT2D eigenvalue weighted by Gasteiger charge is -2.10. The number of nitrogens with zero attached hydrogens (tertiary/aromatic N) is 3. The molecule has 18 heavy (non-hydrogen) atoms. The lowest BCUT2D eigenvalue weighted by molar-refractivity contribution is 0.664. The molecule has 1 saturated carbocycles. The Morgan fingerprint density at radius 2 is 2.06 bits per heavy atom. The van der Waals surface area contributed by atoms with E-state index >= 15 is 0 Å². The average molecular weight is 264 g/mol. The minimum atomic E-state index is 0.549. The van der Waals surface area contributed by atoms with Crippen LogP contribution in [0, 0.1) is 0 Å². The van der Waals surface area contributed by atoms with Gasteiger partial charge in [0.25, 0.3) is 0 Å². The van der Waals surface area contributed by atoms with Crippen LogP contribution in [0.4, 0.5) is 0 Å². The van der Waals surface area contributed by atoms with Crippen molar-refractivity contribution in [3.05, 3.63) is 22.7 Å². The average Bonchev–Trinajstić information content (AvgIpc) is 2.99. The number of fused-ring (bicyclic) bond motifs is 1. The third kappa shape index (κ3) is 1.81. The largest absolute Gasteiger partial charge is 0.319 e. The molecular weight excluding hydrogens is 246 g/mol. The van der Waals surface area contributed by atoms with Gasteiger partial charge < -0.3 is 4.57 Å². The summed E-state index contributed by atoms with van der Waals surface area (Å²) in [6, 6.07) is 1.98. The third-order valence-electron chi connectivity index (χ3n) is 3.98.